The van der Waals surface area contributed by atoms with E-state index < -0.39 is 0 Å². The predicted molar refractivity (Wildman–Crippen MR) is 111 cm³/mol. The van der Waals surface area contributed by atoms with Gasteiger partial charge in [0.1, 0.15) is 11.5 Å². The van der Waals surface area contributed by atoms with Crippen molar-refractivity contribution in [1.29, 1.82) is 0 Å². The molecule has 0 saturated carbocycles. The van der Waals surface area contributed by atoms with Gasteiger partial charge in [0.25, 0.3) is 0 Å². The van der Waals surface area contributed by atoms with Gasteiger partial charge < -0.3 is 19.9 Å². The van der Waals surface area contributed by atoms with Crippen LogP contribution in [0.2, 0.25) is 0 Å². The summed E-state index contributed by atoms with van der Waals surface area (Å²) < 4.78 is 14.0. The molecule has 2 N–H and O–H groups in total. The second-order valence-corrected chi connectivity index (χ2v) is 6.96. The van der Waals surface area contributed by atoms with Gasteiger partial charge in [-0.3, -0.25) is 0 Å². The zero-order chi connectivity index (χ0) is 19.8. The Balaban J connectivity index is 1.33. The van der Waals surface area contributed by atoms with Gasteiger partial charge >= 0.3 is 0 Å². The van der Waals surface area contributed by atoms with E-state index in [-0.39, 0.29) is 11.7 Å². The van der Waals surface area contributed by atoms with E-state index in [0.717, 1.165) is 11.1 Å². The lowest BCUT2D eigenvalue weighted by Crippen LogP contribution is -2.47. The first-order chi connectivity index (χ1) is 14.2. The highest BCUT2D eigenvalue weighted by atomic mass is 19.1. The van der Waals surface area contributed by atoms with Gasteiger partial charge in [-0.15, -0.1) is 0 Å². The molecule has 0 atom stereocenters. The summed E-state index contributed by atoms with van der Waals surface area (Å²) in [6, 6.07) is 10.6. The lowest BCUT2D eigenvalue weighted by Gasteiger charge is -2.36. The number of hydrogen-bond acceptors (Lipinski definition) is 6. The Bertz CT molecular complexity index is 1110. The number of halogens is 1. The molecule has 1 fully saturated rings. The third-order valence-electron chi connectivity index (χ3n) is 5.19. The molecule has 3 aromatic rings. The summed E-state index contributed by atoms with van der Waals surface area (Å²) in [5.74, 6) is 0.999. The monoisotopic (exact) mass is 390 g/mol. The minimum Gasteiger partial charge on any atom is -0.492 e. The molecule has 0 aliphatic carbocycles. The fraction of sp³-hybridized carbons (Fsp3) is 0.190. The molecule has 0 unspecified atom stereocenters. The van der Waals surface area contributed by atoms with Crippen molar-refractivity contribution in [2.75, 3.05) is 36.0 Å². The Morgan fingerprint density at radius 1 is 1.03 bits per heavy atom. The molecule has 146 valence electrons. The molecule has 0 spiro atoms. The predicted octanol–water partition coefficient (Wildman–Crippen LogP) is 3.23. The van der Waals surface area contributed by atoms with Gasteiger partial charge in [-0.1, -0.05) is 12.1 Å². The largest absolute Gasteiger partial charge is 0.492 e. The summed E-state index contributed by atoms with van der Waals surface area (Å²) in [6.07, 6.45) is 5.25. The highest BCUT2D eigenvalue weighted by Gasteiger charge is 2.23. The number of aromatic amines is 1. The van der Waals surface area contributed by atoms with E-state index in [4.69, 9.17) is 0 Å². The number of nitrogens with one attached hydrogen (secondary N) is 1. The number of fused-ring (bicyclic) bond motifs is 1. The molecule has 29 heavy (non-hydrogen) atoms. The summed E-state index contributed by atoms with van der Waals surface area (Å²) in [6.45, 7) is 2.69. The number of rotatable bonds is 3. The van der Waals surface area contributed by atoms with Crippen molar-refractivity contribution >= 4 is 35.3 Å². The van der Waals surface area contributed by atoms with E-state index >= 15 is 0 Å². The summed E-state index contributed by atoms with van der Waals surface area (Å²) in [5, 5.41) is 10.3. The van der Waals surface area contributed by atoms with E-state index in [0.29, 0.717) is 49.3 Å². The van der Waals surface area contributed by atoms with Crippen molar-refractivity contribution in [3.05, 3.63) is 59.7 Å². The number of pyridine rings is 1. The van der Waals surface area contributed by atoms with E-state index in [9.17, 15) is 9.50 Å². The molecule has 1 aromatic carbocycles. The maximum absolute atomic E-state index is 14.0. The molecule has 0 amide bonds. The van der Waals surface area contributed by atoms with Gasteiger partial charge in [-0.05, 0) is 30.3 Å². The molecular weight excluding hydrogens is 371 g/mol. The maximum Gasteiger partial charge on any atom is 0.238 e. The minimum atomic E-state index is -0.210. The quantitative estimate of drug-likeness (QED) is 0.718. The summed E-state index contributed by atoms with van der Waals surface area (Å²) in [7, 11) is 0. The molecular formula is C21H19FN6O. The lowest BCUT2D eigenvalue weighted by molar-refractivity contribution is 0.455. The van der Waals surface area contributed by atoms with E-state index in [2.05, 4.69) is 24.8 Å². The molecule has 8 heteroatoms. The normalized spacial score (nSPS) is 17.2. The number of allylic oxidation sites excluding steroid dienone is 1. The summed E-state index contributed by atoms with van der Waals surface area (Å²) in [5.41, 5.74) is 2.92. The number of nitrogens with zero attached hydrogens (tertiary/aromatic N) is 5. The van der Waals surface area contributed by atoms with Gasteiger partial charge in [0.05, 0.1) is 5.69 Å². The van der Waals surface area contributed by atoms with Crippen LogP contribution in [0.4, 0.5) is 21.8 Å². The number of hydrogen-bond donors (Lipinski definition) is 2. The summed E-state index contributed by atoms with van der Waals surface area (Å²) >= 11 is 0. The number of aromatic nitrogens is 3. The van der Waals surface area contributed by atoms with Crippen molar-refractivity contribution < 1.29 is 9.50 Å². The number of para-hydroxylation sites is 1. The van der Waals surface area contributed by atoms with Gasteiger partial charge in [-0.2, -0.15) is 4.98 Å². The smallest absolute Gasteiger partial charge is 0.238 e. The van der Waals surface area contributed by atoms with Crippen LogP contribution in [0, 0.1) is 5.82 Å². The van der Waals surface area contributed by atoms with Crippen LogP contribution in [0.1, 0.15) is 11.3 Å². The Morgan fingerprint density at radius 3 is 2.66 bits per heavy atom. The highest BCUT2D eigenvalue weighted by Crippen LogP contribution is 2.32. The topological polar surface area (TPSA) is 80.6 Å². The Morgan fingerprint density at radius 2 is 1.83 bits per heavy atom. The van der Waals surface area contributed by atoms with Crippen LogP contribution in [0.3, 0.4) is 0 Å². The number of benzene rings is 1. The Hall–Kier alpha value is -3.68. The molecule has 2 aliphatic rings. The van der Waals surface area contributed by atoms with Crippen LogP contribution < -0.4 is 9.80 Å². The van der Waals surface area contributed by atoms with Crippen molar-refractivity contribution in [2.45, 2.75) is 0 Å². The number of anilines is 2. The lowest BCUT2D eigenvalue weighted by atomic mass is 10.1. The van der Waals surface area contributed by atoms with Crippen LogP contribution >= 0.6 is 0 Å². The third-order valence-corrected chi connectivity index (χ3v) is 5.19. The molecule has 0 radical (unpaired) electrons. The van der Waals surface area contributed by atoms with Crippen LogP contribution in [-0.4, -0.2) is 52.5 Å². The fourth-order valence-electron chi connectivity index (χ4n) is 3.68. The SMILES string of the molecule is Oc1nc(N2CCN(c3ccccc3F)CC2)[nH]c1C=C1C=Nc2ncccc21. The second kappa shape index (κ2) is 7.05. The Kier molecular flexibility index (Phi) is 4.23. The molecule has 4 heterocycles. The standard InChI is InChI=1S/C21H19FN6O/c22-16-5-1-2-6-18(16)27-8-10-28(11-9-27)21-25-17(20(29)26-21)12-14-13-24-19-15(14)4-3-7-23-19/h1-7,12-13,29H,8-11H2,(H,25,26). The first kappa shape index (κ1) is 17.4. The van der Waals surface area contributed by atoms with Gasteiger partial charge in [0, 0.05) is 49.7 Å². The number of piperazine rings is 1. The number of aromatic hydroxyl groups is 1. The third kappa shape index (κ3) is 3.22. The summed E-state index contributed by atoms with van der Waals surface area (Å²) in [4.78, 5) is 20.0. The Labute approximate surface area is 166 Å². The average Bonchev–Trinajstić information content (AvgIpc) is 3.33. The van der Waals surface area contributed by atoms with Crippen molar-refractivity contribution in [1.82, 2.24) is 15.0 Å². The van der Waals surface area contributed by atoms with E-state index in [1.54, 1.807) is 24.5 Å². The molecule has 5 rings (SSSR count). The molecule has 0 bridgehead atoms. The zero-order valence-corrected chi connectivity index (χ0v) is 15.6. The van der Waals surface area contributed by atoms with Crippen LogP contribution in [-0.2, 0) is 0 Å². The maximum atomic E-state index is 14.0. The number of aliphatic imine (C=N–C) groups is 1. The molecule has 1 saturated heterocycles. The number of imidazole rings is 1. The molecule has 2 aliphatic heterocycles. The first-order valence-electron chi connectivity index (χ1n) is 9.43. The van der Waals surface area contributed by atoms with Crippen LogP contribution in [0.25, 0.3) is 11.6 Å². The van der Waals surface area contributed by atoms with Crippen LogP contribution in [0.15, 0.2) is 47.6 Å². The molecule has 7 nitrogen and oxygen atoms in total. The van der Waals surface area contributed by atoms with Gasteiger partial charge in [0.15, 0.2) is 5.82 Å². The second-order valence-electron chi connectivity index (χ2n) is 6.96. The van der Waals surface area contributed by atoms with Crippen molar-refractivity contribution in [3.63, 3.8) is 0 Å². The minimum absolute atomic E-state index is 0.0604. The average molecular weight is 390 g/mol. The van der Waals surface area contributed by atoms with Crippen molar-refractivity contribution in [2.24, 2.45) is 4.99 Å². The van der Waals surface area contributed by atoms with E-state index in [1.165, 1.54) is 6.07 Å². The fourth-order valence-corrected chi connectivity index (χ4v) is 3.68. The highest BCUT2D eigenvalue weighted by molar-refractivity contribution is 6.20. The van der Waals surface area contributed by atoms with Crippen LogP contribution in [0.5, 0.6) is 5.88 Å². The zero-order valence-electron chi connectivity index (χ0n) is 15.6. The van der Waals surface area contributed by atoms with Crippen molar-refractivity contribution in [3.8, 4) is 5.88 Å². The van der Waals surface area contributed by atoms with E-state index in [1.807, 2.05) is 29.2 Å². The first-order valence-corrected chi connectivity index (χ1v) is 9.43. The van der Waals surface area contributed by atoms with Gasteiger partial charge in [-0.25, -0.2) is 14.4 Å². The van der Waals surface area contributed by atoms with Gasteiger partial charge in [0.2, 0.25) is 11.8 Å². The number of H-pyrrole nitrogens is 1. The molecule has 2 aromatic heterocycles.